The molecule has 306 valence electrons. The Kier molecular flexibility index (Phi) is 7.08. The van der Waals surface area contributed by atoms with Crippen LogP contribution >= 0.6 is 0 Å². The molecule has 0 atom stereocenters. The maximum Gasteiger partial charge on any atom is 0.195 e. The zero-order valence-corrected chi connectivity index (χ0v) is 36.3. The summed E-state index contributed by atoms with van der Waals surface area (Å²) < 4.78 is 14.5. The third kappa shape index (κ3) is 4.32. The van der Waals surface area contributed by atoms with Crippen molar-refractivity contribution in [2.75, 3.05) is 0 Å². The van der Waals surface area contributed by atoms with Crippen molar-refractivity contribution >= 4 is 16.6 Å². The second-order valence-electron chi connectivity index (χ2n) is 18.3. The number of carbonyl (C=O) groups is 1. The van der Waals surface area contributed by atoms with Gasteiger partial charge in [0.05, 0.1) is 31.4 Å². The van der Waals surface area contributed by atoms with Gasteiger partial charge in [-0.2, -0.15) is 0 Å². The number of rotatable bonds is 2. The predicted molar refractivity (Wildman–Crippen MR) is 264 cm³/mol. The second kappa shape index (κ2) is 12.8. The van der Waals surface area contributed by atoms with Crippen LogP contribution in [0.5, 0.6) is 0 Å². The third-order valence-corrected chi connectivity index (χ3v) is 17.0. The summed E-state index contributed by atoms with van der Waals surface area (Å²) in [6.07, 6.45) is 0. The number of hydrogen-bond acceptors (Lipinski definition) is 2. The van der Waals surface area contributed by atoms with Gasteiger partial charge < -0.3 is 0 Å². The van der Waals surface area contributed by atoms with Crippen LogP contribution in [0.15, 0.2) is 228 Å². The van der Waals surface area contributed by atoms with Crippen LogP contribution in [0.4, 0.5) is 0 Å². The molecule has 0 unspecified atom stereocenters. The fraction of sp³-hybridized carbons (Fsp3) is 0.0317. The first-order valence-electron chi connectivity index (χ1n) is 22.7. The van der Waals surface area contributed by atoms with Crippen molar-refractivity contribution in [3.8, 4) is 66.8 Å². The van der Waals surface area contributed by atoms with E-state index in [1.165, 1.54) is 89.0 Å². The van der Waals surface area contributed by atoms with E-state index in [4.69, 9.17) is 0 Å². The second-order valence-corrected chi connectivity index (χ2v) is 19.7. The minimum Gasteiger partial charge on any atom is -0.289 e. The molecular formula is C63H36O2S. The summed E-state index contributed by atoms with van der Waals surface area (Å²) in [7, 11) is -1.53. The summed E-state index contributed by atoms with van der Waals surface area (Å²) in [5.74, 6) is -0.101. The van der Waals surface area contributed by atoms with Gasteiger partial charge in [-0.05, 0) is 148 Å². The summed E-state index contributed by atoms with van der Waals surface area (Å²) in [5, 5.41) is 0. The lowest BCUT2D eigenvalue weighted by Crippen LogP contribution is -2.25. The lowest BCUT2D eigenvalue weighted by molar-refractivity contribution is 0.103. The van der Waals surface area contributed by atoms with Gasteiger partial charge in [0.15, 0.2) is 5.78 Å². The average molecular weight is 857 g/mol. The molecule has 10 aromatic rings. The van der Waals surface area contributed by atoms with Crippen LogP contribution in [-0.2, 0) is 21.6 Å². The molecule has 15 rings (SSSR count). The van der Waals surface area contributed by atoms with Crippen LogP contribution in [0.1, 0.15) is 60.4 Å². The van der Waals surface area contributed by atoms with Crippen molar-refractivity contribution in [2.24, 2.45) is 0 Å². The fourth-order valence-electron chi connectivity index (χ4n) is 12.9. The Labute approximate surface area is 385 Å². The maximum absolute atomic E-state index is 14.9. The van der Waals surface area contributed by atoms with Crippen LogP contribution in [0.2, 0.25) is 0 Å². The molecule has 0 aromatic heterocycles. The van der Waals surface area contributed by atoms with Crippen molar-refractivity contribution in [1.29, 1.82) is 0 Å². The van der Waals surface area contributed by atoms with Gasteiger partial charge in [-0.25, -0.2) is 4.21 Å². The van der Waals surface area contributed by atoms with E-state index < -0.39 is 21.6 Å². The van der Waals surface area contributed by atoms with Gasteiger partial charge in [0.1, 0.15) is 0 Å². The number of benzene rings is 10. The summed E-state index contributed by atoms with van der Waals surface area (Å²) in [4.78, 5) is 16.0. The number of fused-ring (bicyclic) bond motifs is 22. The highest BCUT2D eigenvalue weighted by molar-refractivity contribution is 7.85. The SMILES string of the molecule is O=C1c2cc(-c3ccc4c(c3)C3(c5ccccc5-c5ccccc53)c3ccccc3-4)ccc2S(=O)c2ccc(-c3ccc4c(c3)C3(c5ccccc5-c5ccccc53)c3ccccc3-4)cc21. The highest BCUT2D eigenvalue weighted by Gasteiger charge is 2.53. The molecule has 66 heavy (non-hydrogen) atoms. The van der Waals surface area contributed by atoms with E-state index in [2.05, 4.69) is 182 Å². The summed E-state index contributed by atoms with van der Waals surface area (Å²) in [6.45, 7) is 0. The molecule has 0 radical (unpaired) electrons. The first kappa shape index (κ1) is 36.4. The number of hydrogen-bond donors (Lipinski definition) is 0. The Bertz CT molecular complexity index is 3510. The van der Waals surface area contributed by atoms with Gasteiger partial charge in [-0.1, -0.05) is 182 Å². The zero-order chi connectivity index (χ0) is 43.5. The monoisotopic (exact) mass is 856 g/mol. The summed E-state index contributed by atoms with van der Waals surface area (Å²) >= 11 is 0. The van der Waals surface area contributed by atoms with Gasteiger partial charge in [0.2, 0.25) is 0 Å². The first-order valence-corrected chi connectivity index (χ1v) is 23.8. The molecule has 0 saturated carbocycles. The Hall–Kier alpha value is -7.98. The van der Waals surface area contributed by atoms with E-state index >= 15 is 0 Å². The lowest BCUT2D eigenvalue weighted by Gasteiger charge is -2.30. The van der Waals surface area contributed by atoms with E-state index in [9.17, 15) is 9.00 Å². The Morgan fingerprint density at radius 2 is 0.515 bits per heavy atom. The van der Waals surface area contributed by atoms with Gasteiger partial charge >= 0.3 is 0 Å². The van der Waals surface area contributed by atoms with Crippen molar-refractivity contribution in [2.45, 2.75) is 20.6 Å². The Balaban J connectivity index is 0.852. The van der Waals surface area contributed by atoms with Crippen molar-refractivity contribution in [1.82, 2.24) is 0 Å². The molecule has 5 aliphatic rings. The molecule has 0 N–H and O–H groups in total. The average Bonchev–Trinajstić information content (AvgIpc) is 4.06. The molecule has 0 amide bonds. The van der Waals surface area contributed by atoms with E-state index in [0.29, 0.717) is 20.9 Å². The largest absolute Gasteiger partial charge is 0.289 e. The fourth-order valence-corrected chi connectivity index (χ4v) is 14.2. The standard InChI is InChI=1S/C63H36O2S/c64-61-49-33-37(39-25-29-47-45-17-5-11-23-55(45)62(57(47)35-39)51-19-7-1-13-41(51)42-14-2-8-20-52(42)62)27-31-59(49)66(65)60-32-28-38(34-50(60)61)40-26-30-48-46-18-6-12-24-56(46)63(58(48)36-40)53-21-9-3-15-43(53)44-16-4-10-22-54(44)63/h1-36H. The molecule has 2 nitrogen and oxygen atoms in total. The minimum absolute atomic E-state index is 0.101. The lowest BCUT2D eigenvalue weighted by atomic mass is 9.70. The Morgan fingerprint density at radius 1 is 0.258 bits per heavy atom. The van der Waals surface area contributed by atoms with Crippen LogP contribution in [0.25, 0.3) is 66.8 Å². The molecule has 3 heteroatoms. The molecule has 0 fully saturated rings. The normalized spacial score (nSPS) is 15.2. The van der Waals surface area contributed by atoms with Crippen LogP contribution < -0.4 is 0 Å². The smallest absolute Gasteiger partial charge is 0.195 e. The number of ketones is 1. The maximum atomic E-state index is 14.9. The predicted octanol–water partition coefficient (Wildman–Crippen LogP) is 14.4. The quantitative estimate of drug-likeness (QED) is 0.174. The van der Waals surface area contributed by atoms with Crippen LogP contribution in [-0.4, -0.2) is 9.99 Å². The van der Waals surface area contributed by atoms with E-state index in [-0.39, 0.29) is 5.78 Å². The molecule has 1 heterocycles. The van der Waals surface area contributed by atoms with Gasteiger partial charge in [-0.15, -0.1) is 0 Å². The molecule has 0 bridgehead atoms. The van der Waals surface area contributed by atoms with Crippen molar-refractivity contribution in [3.63, 3.8) is 0 Å². The summed E-state index contributed by atoms with van der Waals surface area (Å²) in [5.41, 5.74) is 24.1. The van der Waals surface area contributed by atoms with Gasteiger partial charge in [0.25, 0.3) is 0 Å². The molecular weight excluding hydrogens is 821 g/mol. The van der Waals surface area contributed by atoms with Crippen molar-refractivity contribution in [3.05, 3.63) is 274 Å². The third-order valence-electron chi connectivity index (χ3n) is 15.5. The zero-order valence-electron chi connectivity index (χ0n) is 35.5. The molecule has 10 aromatic carbocycles. The van der Waals surface area contributed by atoms with Crippen molar-refractivity contribution < 1.29 is 9.00 Å². The van der Waals surface area contributed by atoms with E-state index in [0.717, 1.165) is 22.3 Å². The molecule has 1 aliphatic heterocycles. The highest BCUT2D eigenvalue weighted by atomic mass is 32.2. The van der Waals surface area contributed by atoms with E-state index in [1.807, 2.05) is 36.4 Å². The topological polar surface area (TPSA) is 34.1 Å². The van der Waals surface area contributed by atoms with E-state index in [1.54, 1.807) is 0 Å². The number of carbonyl (C=O) groups excluding carboxylic acids is 1. The molecule has 0 saturated heterocycles. The Morgan fingerprint density at radius 3 is 0.833 bits per heavy atom. The summed E-state index contributed by atoms with van der Waals surface area (Å²) in [6, 6.07) is 78.4. The highest BCUT2D eigenvalue weighted by Crippen LogP contribution is 2.65. The minimum atomic E-state index is -1.53. The van der Waals surface area contributed by atoms with Gasteiger partial charge in [-0.3, -0.25) is 4.79 Å². The van der Waals surface area contributed by atoms with Crippen LogP contribution in [0, 0.1) is 0 Å². The molecule has 4 aliphatic carbocycles. The van der Waals surface area contributed by atoms with Gasteiger partial charge in [0, 0.05) is 11.1 Å². The molecule has 2 spiro atoms. The van der Waals surface area contributed by atoms with Crippen LogP contribution in [0.3, 0.4) is 0 Å². The first-order chi connectivity index (χ1) is 32.6.